The SMILES string of the molecule is CNC(=O)[C@@H](Cc1ccccc1)N(Cc1cccc(C)c1)C(=O)CSCc1ccc(Cl)cc1. The maximum atomic E-state index is 13.4. The molecule has 172 valence electrons. The maximum Gasteiger partial charge on any atom is 0.242 e. The van der Waals surface area contributed by atoms with Gasteiger partial charge in [-0.3, -0.25) is 9.59 Å². The molecule has 1 N–H and O–H groups in total. The number of carbonyl (C=O) groups is 2. The molecule has 0 saturated heterocycles. The van der Waals surface area contributed by atoms with Crippen LogP contribution in [0, 0.1) is 6.92 Å². The van der Waals surface area contributed by atoms with E-state index in [2.05, 4.69) is 11.4 Å². The molecule has 2 amide bonds. The molecule has 3 aromatic rings. The standard InChI is InChI=1S/C27H29ClN2O2S/c1-20-7-6-10-23(15-20)17-30(25(27(32)29-2)16-21-8-4-3-5-9-21)26(31)19-33-18-22-11-13-24(28)14-12-22/h3-15,25H,16-19H2,1-2H3,(H,29,32)/t25-/m1/s1. The maximum absolute atomic E-state index is 13.4. The molecule has 0 fully saturated rings. The van der Waals surface area contributed by atoms with Gasteiger partial charge in [0.15, 0.2) is 0 Å². The molecule has 0 aromatic heterocycles. The third-order valence-corrected chi connectivity index (χ3v) is 6.60. The van der Waals surface area contributed by atoms with Crippen LogP contribution in [0.15, 0.2) is 78.9 Å². The van der Waals surface area contributed by atoms with Gasteiger partial charge < -0.3 is 10.2 Å². The predicted octanol–water partition coefficient (Wildman–Crippen LogP) is 5.27. The van der Waals surface area contributed by atoms with Gasteiger partial charge in [-0.15, -0.1) is 11.8 Å². The topological polar surface area (TPSA) is 49.4 Å². The Bertz CT molecular complexity index is 1060. The van der Waals surface area contributed by atoms with Gasteiger partial charge in [0.2, 0.25) is 11.8 Å². The van der Waals surface area contributed by atoms with Crippen molar-refractivity contribution in [3.63, 3.8) is 0 Å². The van der Waals surface area contributed by atoms with Crippen LogP contribution in [0.4, 0.5) is 0 Å². The fourth-order valence-electron chi connectivity index (χ4n) is 3.65. The molecule has 1 atom stereocenters. The monoisotopic (exact) mass is 480 g/mol. The van der Waals surface area contributed by atoms with Crippen LogP contribution in [-0.2, 0) is 28.3 Å². The Kier molecular flexibility index (Phi) is 9.40. The Labute approximate surface area is 205 Å². The summed E-state index contributed by atoms with van der Waals surface area (Å²) in [5.41, 5.74) is 4.25. The molecule has 0 bridgehead atoms. The highest BCUT2D eigenvalue weighted by molar-refractivity contribution is 7.99. The lowest BCUT2D eigenvalue weighted by Crippen LogP contribution is -2.50. The molecule has 3 rings (SSSR count). The summed E-state index contributed by atoms with van der Waals surface area (Å²) in [7, 11) is 1.62. The zero-order valence-corrected chi connectivity index (χ0v) is 20.5. The van der Waals surface area contributed by atoms with E-state index in [4.69, 9.17) is 11.6 Å². The van der Waals surface area contributed by atoms with E-state index in [9.17, 15) is 9.59 Å². The Morgan fingerprint density at radius 2 is 1.64 bits per heavy atom. The summed E-state index contributed by atoms with van der Waals surface area (Å²) in [6.07, 6.45) is 0.458. The lowest BCUT2D eigenvalue weighted by molar-refractivity contribution is -0.139. The lowest BCUT2D eigenvalue weighted by atomic mass is 10.0. The molecule has 0 aliphatic carbocycles. The molecule has 0 aliphatic rings. The van der Waals surface area contributed by atoms with Crippen LogP contribution in [0.1, 0.15) is 22.3 Å². The van der Waals surface area contributed by atoms with Crippen molar-refractivity contribution in [3.8, 4) is 0 Å². The van der Waals surface area contributed by atoms with Crippen LogP contribution in [0.2, 0.25) is 5.02 Å². The molecule has 33 heavy (non-hydrogen) atoms. The molecular weight excluding hydrogens is 452 g/mol. The van der Waals surface area contributed by atoms with Crippen molar-refractivity contribution < 1.29 is 9.59 Å². The normalized spacial score (nSPS) is 11.6. The van der Waals surface area contributed by atoms with Gasteiger partial charge in [0, 0.05) is 30.8 Å². The van der Waals surface area contributed by atoms with E-state index in [-0.39, 0.29) is 17.6 Å². The minimum absolute atomic E-state index is 0.0556. The number of aryl methyl sites for hydroxylation is 1. The highest BCUT2D eigenvalue weighted by Gasteiger charge is 2.29. The first-order valence-corrected chi connectivity index (χ1v) is 12.4. The van der Waals surface area contributed by atoms with Crippen molar-refractivity contribution in [2.75, 3.05) is 12.8 Å². The van der Waals surface area contributed by atoms with E-state index in [1.165, 1.54) is 11.8 Å². The summed E-state index contributed by atoms with van der Waals surface area (Å²) in [6.45, 7) is 2.41. The van der Waals surface area contributed by atoms with Crippen LogP contribution in [-0.4, -0.2) is 35.6 Å². The van der Waals surface area contributed by atoms with Crippen LogP contribution in [0.25, 0.3) is 0 Å². The summed E-state index contributed by atoms with van der Waals surface area (Å²) in [5.74, 6) is 0.767. The second-order valence-corrected chi connectivity index (χ2v) is 9.37. The van der Waals surface area contributed by atoms with Gasteiger partial charge >= 0.3 is 0 Å². The highest BCUT2D eigenvalue weighted by Crippen LogP contribution is 2.20. The average Bonchev–Trinajstić information content (AvgIpc) is 2.82. The molecule has 0 radical (unpaired) electrons. The Morgan fingerprint density at radius 3 is 2.30 bits per heavy atom. The van der Waals surface area contributed by atoms with Gasteiger partial charge in [-0.2, -0.15) is 0 Å². The number of nitrogens with one attached hydrogen (secondary N) is 1. The summed E-state index contributed by atoms with van der Waals surface area (Å²) in [5, 5.41) is 3.45. The Hall–Kier alpha value is -2.76. The highest BCUT2D eigenvalue weighted by atomic mass is 35.5. The van der Waals surface area contributed by atoms with E-state index in [0.29, 0.717) is 23.7 Å². The summed E-state index contributed by atoms with van der Waals surface area (Å²) in [4.78, 5) is 28.1. The summed E-state index contributed by atoms with van der Waals surface area (Å²) in [6, 6.07) is 24.9. The molecular formula is C27H29ClN2O2S. The van der Waals surface area contributed by atoms with Gasteiger partial charge in [-0.05, 0) is 35.7 Å². The second-order valence-electron chi connectivity index (χ2n) is 7.95. The number of nitrogens with zero attached hydrogens (tertiary/aromatic N) is 1. The second kappa shape index (κ2) is 12.5. The molecule has 6 heteroatoms. The van der Waals surface area contributed by atoms with Crippen molar-refractivity contribution >= 4 is 35.2 Å². The number of thioether (sulfide) groups is 1. The quantitative estimate of drug-likeness (QED) is 0.430. The van der Waals surface area contributed by atoms with Crippen molar-refractivity contribution in [2.45, 2.75) is 31.7 Å². The van der Waals surface area contributed by atoms with Crippen LogP contribution in [0.5, 0.6) is 0 Å². The molecule has 0 heterocycles. The van der Waals surface area contributed by atoms with Gasteiger partial charge in [-0.25, -0.2) is 0 Å². The van der Waals surface area contributed by atoms with Crippen molar-refractivity contribution in [2.24, 2.45) is 0 Å². The summed E-state index contributed by atoms with van der Waals surface area (Å²) >= 11 is 7.50. The predicted molar refractivity (Wildman–Crippen MR) is 137 cm³/mol. The molecule has 3 aromatic carbocycles. The number of hydrogen-bond acceptors (Lipinski definition) is 3. The third kappa shape index (κ3) is 7.65. The number of carbonyl (C=O) groups excluding carboxylic acids is 2. The minimum Gasteiger partial charge on any atom is -0.357 e. The van der Waals surface area contributed by atoms with Gasteiger partial charge in [0.25, 0.3) is 0 Å². The minimum atomic E-state index is -0.596. The van der Waals surface area contributed by atoms with Gasteiger partial charge in [0.05, 0.1) is 5.75 Å². The molecule has 4 nitrogen and oxygen atoms in total. The number of hydrogen-bond donors (Lipinski definition) is 1. The molecule has 0 spiro atoms. The fourth-order valence-corrected chi connectivity index (χ4v) is 4.64. The Balaban J connectivity index is 1.80. The fraction of sp³-hybridized carbons (Fsp3) is 0.259. The number of benzene rings is 3. The van der Waals surface area contributed by atoms with Gasteiger partial charge in [0.1, 0.15) is 6.04 Å². The van der Waals surface area contributed by atoms with Crippen molar-refractivity contribution in [1.29, 1.82) is 0 Å². The first-order valence-electron chi connectivity index (χ1n) is 10.9. The first-order chi connectivity index (χ1) is 16.0. The average molecular weight is 481 g/mol. The zero-order chi connectivity index (χ0) is 23.6. The van der Waals surface area contributed by atoms with E-state index >= 15 is 0 Å². The summed E-state index contributed by atoms with van der Waals surface area (Å²) < 4.78 is 0. The van der Waals surface area contributed by atoms with Crippen molar-refractivity contribution in [1.82, 2.24) is 10.2 Å². The largest absolute Gasteiger partial charge is 0.357 e. The first kappa shape index (κ1) is 24.9. The van der Waals surface area contributed by atoms with E-state index in [1.54, 1.807) is 11.9 Å². The molecule has 0 aliphatic heterocycles. The number of rotatable bonds is 10. The number of halogens is 1. The van der Waals surface area contributed by atoms with Crippen LogP contribution < -0.4 is 5.32 Å². The van der Waals surface area contributed by atoms with E-state index in [0.717, 1.165) is 22.3 Å². The molecule has 0 unspecified atom stereocenters. The number of likely N-dealkylation sites (N-methyl/N-ethyl adjacent to an activating group) is 1. The van der Waals surface area contributed by atoms with Crippen molar-refractivity contribution in [3.05, 3.63) is 106 Å². The van der Waals surface area contributed by atoms with E-state index < -0.39 is 6.04 Å². The van der Waals surface area contributed by atoms with Crippen LogP contribution in [0.3, 0.4) is 0 Å². The smallest absolute Gasteiger partial charge is 0.242 e. The third-order valence-electron chi connectivity index (χ3n) is 5.36. The zero-order valence-electron chi connectivity index (χ0n) is 19.0. The lowest BCUT2D eigenvalue weighted by Gasteiger charge is -2.31. The van der Waals surface area contributed by atoms with Gasteiger partial charge in [-0.1, -0.05) is 83.9 Å². The van der Waals surface area contributed by atoms with E-state index in [1.807, 2.05) is 79.7 Å². The number of amides is 2. The van der Waals surface area contributed by atoms with Crippen LogP contribution >= 0.6 is 23.4 Å². The molecule has 0 saturated carbocycles. The Morgan fingerprint density at radius 1 is 0.939 bits per heavy atom.